The molecule has 1 atom stereocenters. The van der Waals surface area contributed by atoms with Gasteiger partial charge in [0.15, 0.2) is 0 Å². The molecule has 0 aliphatic heterocycles. The molecule has 0 saturated carbocycles. The highest BCUT2D eigenvalue weighted by Crippen LogP contribution is 2.17. The van der Waals surface area contributed by atoms with Crippen LogP contribution < -0.4 is 5.56 Å². The molecular weight excluding hydrogens is 354 g/mol. The Hall–Kier alpha value is -3.25. The highest BCUT2D eigenvalue weighted by Gasteiger charge is 2.18. The van der Waals surface area contributed by atoms with Crippen molar-refractivity contribution in [1.82, 2.24) is 14.9 Å². The summed E-state index contributed by atoms with van der Waals surface area (Å²) in [6.07, 6.45) is 1.01. The molecule has 6 heteroatoms. The van der Waals surface area contributed by atoms with Crippen LogP contribution in [0, 0.1) is 6.92 Å². The maximum Gasteiger partial charge on any atom is 0.264 e. The second-order valence-electron chi connectivity index (χ2n) is 6.79. The molecule has 0 fully saturated rings. The van der Waals surface area contributed by atoms with Crippen LogP contribution in [0.25, 0.3) is 11.4 Å². The summed E-state index contributed by atoms with van der Waals surface area (Å²) in [5, 5.41) is 10.2. The summed E-state index contributed by atoms with van der Waals surface area (Å²) in [5.74, 6) is -0.00259. The molecule has 3 aromatic rings. The van der Waals surface area contributed by atoms with E-state index in [4.69, 9.17) is 0 Å². The summed E-state index contributed by atoms with van der Waals surface area (Å²) in [5.41, 5.74) is 2.14. The van der Waals surface area contributed by atoms with E-state index >= 15 is 0 Å². The number of aliphatic hydroxyl groups excluding tert-OH is 1. The minimum Gasteiger partial charge on any atom is -0.388 e. The minimum atomic E-state index is -0.670. The van der Waals surface area contributed by atoms with Crippen LogP contribution in [0.5, 0.6) is 0 Å². The second kappa shape index (κ2) is 8.63. The second-order valence-corrected chi connectivity index (χ2v) is 6.79. The van der Waals surface area contributed by atoms with Crippen molar-refractivity contribution in [2.24, 2.45) is 0 Å². The molecule has 0 aliphatic rings. The fourth-order valence-corrected chi connectivity index (χ4v) is 2.95. The summed E-state index contributed by atoms with van der Waals surface area (Å²) in [6, 6.07) is 16.9. The summed E-state index contributed by atoms with van der Waals surface area (Å²) < 4.78 is 0. The normalized spacial score (nSPS) is 11.8. The van der Waals surface area contributed by atoms with Crippen molar-refractivity contribution < 1.29 is 9.90 Å². The van der Waals surface area contributed by atoms with Crippen molar-refractivity contribution in [1.29, 1.82) is 0 Å². The number of benzene rings is 2. The Morgan fingerprint density at radius 1 is 1.18 bits per heavy atom. The van der Waals surface area contributed by atoms with Crippen LogP contribution in [0.4, 0.5) is 0 Å². The zero-order valence-electron chi connectivity index (χ0n) is 15.9. The molecule has 2 N–H and O–H groups in total. The van der Waals surface area contributed by atoms with Crippen LogP contribution >= 0.6 is 0 Å². The van der Waals surface area contributed by atoms with E-state index < -0.39 is 17.6 Å². The Labute approximate surface area is 163 Å². The van der Waals surface area contributed by atoms with Crippen LogP contribution in [-0.2, 0) is 0 Å². The predicted molar refractivity (Wildman–Crippen MR) is 108 cm³/mol. The highest BCUT2D eigenvalue weighted by atomic mass is 16.3. The van der Waals surface area contributed by atoms with Gasteiger partial charge in [-0.3, -0.25) is 9.59 Å². The molecule has 6 nitrogen and oxygen atoms in total. The van der Waals surface area contributed by atoms with E-state index in [0.717, 1.165) is 16.7 Å². The number of nitrogens with zero attached hydrogens (tertiary/aromatic N) is 2. The van der Waals surface area contributed by atoms with Gasteiger partial charge in [-0.25, -0.2) is 4.98 Å². The number of nitrogens with one attached hydrogen (secondary N) is 1. The molecule has 0 saturated heterocycles. The van der Waals surface area contributed by atoms with Crippen LogP contribution in [0.15, 0.2) is 65.6 Å². The third-order valence-electron chi connectivity index (χ3n) is 4.59. The zero-order chi connectivity index (χ0) is 20.1. The lowest BCUT2D eigenvalue weighted by molar-refractivity contribution is 0.0759. The monoisotopic (exact) mass is 377 g/mol. The van der Waals surface area contributed by atoms with E-state index in [0.29, 0.717) is 18.8 Å². The number of H-pyrrole nitrogens is 1. The molecule has 1 heterocycles. The van der Waals surface area contributed by atoms with Gasteiger partial charge in [-0.05, 0) is 25.0 Å². The number of rotatable bonds is 6. The number of aryl methyl sites for hydroxylation is 1. The van der Waals surface area contributed by atoms with Crippen molar-refractivity contribution in [3.8, 4) is 11.4 Å². The SMILES string of the molecule is Cc1cccc(-c2ncc(C(=O)N(C)CCC(O)c3ccccc3)c(=O)[nH]2)c1. The molecular formula is C22H23N3O3. The average molecular weight is 377 g/mol. The molecule has 1 amide bonds. The molecule has 0 radical (unpaired) electrons. The molecule has 2 aromatic carbocycles. The van der Waals surface area contributed by atoms with Crippen molar-refractivity contribution in [3.63, 3.8) is 0 Å². The van der Waals surface area contributed by atoms with Crippen LogP contribution in [-0.4, -0.2) is 39.5 Å². The molecule has 28 heavy (non-hydrogen) atoms. The summed E-state index contributed by atoms with van der Waals surface area (Å²) in [7, 11) is 1.61. The van der Waals surface area contributed by atoms with Gasteiger partial charge in [0.1, 0.15) is 11.4 Å². The van der Waals surface area contributed by atoms with Crippen molar-refractivity contribution in [3.05, 3.63) is 87.8 Å². The van der Waals surface area contributed by atoms with Gasteiger partial charge in [-0.1, -0.05) is 54.1 Å². The molecule has 1 aromatic heterocycles. The van der Waals surface area contributed by atoms with Gasteiger partial charge in [0.25, 0.3) is 11.5 Å². The van der Waals surface area contributed by atoms with Gasteiger partial charge in [0.05, 0.1) is 6.10 Å². The van der Waals surface area contributed by atoms with Gasteiger partial charge in [0, 0.05) is 25.4 Å². The largest absolute Gasteiger partial charge is 0.388 e. The van der Waals surface area contributed by atoms with Gasteiger partial charge in [0.2, 0.25) is 0 Å². The maximum absolute atomic E-state index is 12.6. The molecule has 1 unspecified atom stereocenters. The van der Waals surface area contributed by atoms with Crippen molar-refractivity contribution in [2.45, 2.75) is 19.4 Å². The minimum absolute atomic E-state index is 0.0203. The summed E-state index contributed by atoms with van der Waals surface area (Å²) in [4.78, 5) is 33.4. The number of hydrogen-bond donors (Lipinski definition) is 2. The lowest BCUT2D eigenvalue weighted by atomic mass is 10.1. The zero-order valence-corrected chi connectivity index (χ0v) is 15.9. The molecule has 3 rings (SSSR count). The van der Waals surface area contributed by atoms with E-state index in [2.05, 4.69) is 9.97 Å². The number of carbonyl (C=O) groups excluding carboxylic acids is 1. The number of hydrogen-bond acceptors (Lipinski definition) is 4. The fourth-order valence-electron chi connectivity index (χ4n) is 2.95. The first-order valence-electron chi connectivity index (χ1n) is 9.10. The van der Waals surface area contributed by atoms with Crippen LogP contribution in [0.3, 0.4) is 0 Å². The number of amides is 1. The van der Waals surface area contributed by atoms with E-state index in [-0.39, 0.29) is 5.56 Å². The molecule has 0 spiro atoms. The highest BCUT2D eigenvalue weighted by molar-refractivity contribution is 5.93. The van der Waals surface area contributed by atoms with Crippen LogP contribution in [0.1, 0.15) is 34.0 Å². The predicted octanol–water partition coefficient (Wildman–Crippen LogP) is 2.94. The number of aliphatic hydroxyl groups is 1. The van der Waals surface area contributed by atoms with E-state index in [1.165, 1.54) is 11.1 Å². The first kappa shape index (κ1) is 19.5. The Balaban J connectivity index is 1.69. The van der Waals surface area contributed by atoms with Gasteiger partial charge >= 0.3 is 0 Å². The first-order chi connectivity index (χ1) is 13.5. The van der Waals surface area contributed by atoms with E-state index in [9.17, 15) is 14.7 Å². The van der Waals surface area contributed by atoms with Gasteiger partial charge in [-0.2, -0.15) is 0 Å². The van der Waals surface area contributed by atoms with Crippen molar-refractivity contribution >= 4 is 5.91 Å². The van der Waals surface area contributed by atoms with E-state index in [1.54, 1.807) is 7.05 Å². The summed E-state index contributed by atoms with van der Waals surface area (Å²) in [6.45, 7) is 2.27. The quantitative estimate of drug-likeness (QED) is 0.692. The Morgan fingerprint density at radius 3 is 2.61 bits per heavy atom. The number of aromatic amines is 1. The van der Waals surface area contributed by atoms with Gasteiger partial charge < -0.3 is 15.0 Å². The van der Waals surface area contributed by atoms with E-state index in [1.807, 2.05) is 61.5 Å². The molecule has 0 aliphatic carbocycles. The standard InChI is InChI=1S/C22H23N3O3/c1-15-7-6-10-17(13-15)20-23-14-18(21(27)24-20)22(28)25(2)12-11-19(26)16-8-4-3-5-9-16/h3-10,13-14,19,26H,11-12H2,1-2H3,(H,23,24,27). The fraction of sp³-hybridized carbons (Fsp3) is 0.227. The smallest absolute Gasteiger partial charge is 0.264 e. The van der Waals surface area contributed by atoms with Crippen molar-refractivity contribution in [2.75, 3.05) is 13.6 Å². The Bertz CT molecular complexity index is 1010. The average Bonchev–Trinajstić information content (AvgIpc) is 2.71. The first-order valence-corrected chi connectivity index (χ1v) is 9.10. The number of aromatic nitrogens is 2. The third kappa shape index (κ3) is 4.53. The third-order valence-corrected chi connectivity index (χ3v) is 4.59. The molecule has 0 bridgehead atoms. The van der Waals surface area contributed by atoms with Crippen LogP contribution in [0.2, 0.25) is 0 Å². The maximum atomic E-state index is 12.6. The lowest BCUT2D eigenvalue weighted by Crippen LogP contribution is -2.33. The topological polar surface area (TPSA) is 86.3 Å². The number of carbonyl (C=O) groups is 1. The molecule has 144 valence electrons. The summed E-state index contributed by atoms with van der Waals surface area (Å²) >= 11 is 0. The lowest BCUT2D eigenvalue weighted by Gasteiger charge is -2.19. The van der Waals surface area contributed by atoms with Gasteiger partial charge in [-0.15, -0.1) is 0 Å². The Morgan fingerprint density at radius 2 is 1.93 bits per heavy atom. The Kier molecular flexibility index (Phi) is 6.01.